The summed E-state index contributed by atoms with van der Waals surface area (Å²) in [5.41, 5.74) is 4.45. The highest BCUT2D eigenvalue weighted by Gasteiger charge is 2.09. The second-order valence-corrected chi connectivity index (χ2v) is 5.40. The molecule has 0 heterocycles. The van der Waals surface area contributed by atoms with Gasteiger partial charge in [-0.1, -0.05) is 23.7 Å². The number of benzene rings is 2. The summed E-state index contributed by atoms with van der Waals surface area (Å²) in [6.07, 6.45) is 0. The Bertz CT molecular complexity index is 606. The second-order valence-electron chi connectivity index (χ2n) is 4.69. The highest BCUT2D eigenvalue weighted by Crippen LogP contribution is 2.32. The van der Waals surface area contributed by atoms with Gasteiger partial charge in [-0.2, -0.15) is 0 Å². The van der Waals surface area contributed by atoms with Crippen LogP contribution in [0.5, 0.6) is 11.5 Å². The average Bonchev–Trinajstić information content (AvgIpc) is 2.35. The number of hydrogen-bond acceptors (Lipinski definition) is 1. The van der Waals surface area contributed by atoms with Gasteiger partial charge in [0.05, 0.1) is 5.88 Å². The summed E-state index contributed by atoms with van der Waals surface area (Å²) in [5, 5.41) is 0.644. The highest BCUT2D eigenvalue weighted by molar-refractivity contribution is 6.30. The van der Waals surface area contributed by atoms with Crippen LogP contribution in [-0.2, 0) is 5.88 Å². The lowest BCUT2D eigenvalue weighted by Crippen LogP contribution is -1.94. The molecule has 0 amide bonds. The molecule has 0 bridgehead atoms. The van der Waals surface area contributed by atoms with Crippen molar-refractivity contribution in [3.63, 3.8) is 0 Å². The molecule has 0 spiro atoms. The van der Waals surface area contributed by atoms with Gasteiger partial charge in [-0.3, -0.25) is 0 Å². The zero-order valence-corrected chi connectivity index (χ0v) is 12.8. The minimum Gasteiger partial charge on any atom is -0.457 e. The van der Waals surface area contributed by atoms with Crippen LogP contribution < -0.4 is 4.74 Å². The van der Waals surface area contributed by atoms with Gasteiger partial charge in [-0.25, -0.2) is 0 Å². The minimum absolute atomic E-state index is 0.399. The van der Waals surface area contributed by atoms with Crippen LogP contribution in [0.2, 0.25) is 5.02 Å². The Morgan fingerprint density at radius 3 is 2.42 bits per heavy atom. The van der Waals surface area contributed by atoms with E-state index in [0.29, 0.717) is 10.9 Å². The van der Waals surface area contributed by atoms with Crippen LogP contribution in [-0.4, -0.2) is 0 Å². The number of rotatable bonds is 3. The van der Waals surface area contributed by atoms with Crippen LogP contribution in [0.3, 0.4) is 0 Å². The van der Waals surface area contributed by atoms with Crippen LogP contribution in [0.15, 0.2) is 30.3 Å². The van der Waals surface area contributed by atoms with E-state index in [4.69, 9.17) is 27.9 Å². The predicted molar refractivity (Wildman–Crippen MR) is 81.7 cm³/mol. The van der Waals surface area contributed by atoms with Crippen molar-refractivity contribution in [2.45, 2.75) is 26.7 Å². The van der Waals surface area contributed by atoms with Gasteiger partial charge in [0.1, 0.15) is 11.5 Å². The zero-order chi connectivity index (χ0) is 14.0. The Morgan fingerprint density at radius 1 is 1.00 bits per heavy atom. The van der Waals surface area contributed by atoms with Gasteiger partial charge in [0, 0.05) is 10.6 Å². The van der Waals surface area contributed by atoms with Crippen molar-refractivity contribution >= 4 is 23.2 Å². The zero-order valence-electron chi connectivity index (χ0n) is 11.3. The maximum absolute atomic E-state index is 6.02. The van der Waals surface area contributed by atoms with Crippen LogP contribution in [0.4, 0.5) is 0 Å². The number of alkyl halides is 1. The first-order chi connectivity index (χ1) is 9.01. The fraction of sp³-hybridized carbons (Fsp3) is 0.250. The minimum atomic E-state index is 0.399. The average molecular weight is 295 g/mol. The molecular formula is C16H16Cl2O. The van der Waals surface area contributed by atoms with Crippen molar-refractivity contribution in [3.05, 3.63) is 57.6 Å². The lowest BCUT2D eigenvalue weighted by molar-refractivity contribution is 0.474. The number of hydrogen-bond donors (Lipinski definition) is 0. The lowest BCUT2D eigenvalue weighted by Gasteiger charge is -2.14. The quantitative estimate of drug-likeness (QED) is 0.650. The van der Waals surface area contributed by atoms with Gasteiger partial charge in [-0.15, -0.1) is 11.6 Å². The molecule has 0 N–H and O–H groups in total. The van der Waals surface area contributed by atoms with Crippen molar-refractivity contribution in [1.29, 1.82) is 0 Å². The van der Waals surface area contributed by atoms with E-state index >= 15 is 0 Å². The van der Waals surface area contributed by atoms with Gasteiger partial charge in [0.15, 0.2) is 0 Å². The molecule has 19 heavy (non-hydrogen) atoms. The maximum atomic E-state index is 6.02. The summed E-state index contributed by atoms with van der Waals surface area (Å²) in [6.45, 7) is 6.18. The molecule has 2 aromatic carbocycles. The van der Waals surface area contributed by atoms with E-state index in [1.54, 1.807) is 6.07 Å². The number of aryl methyl sites for hydroxylation is 2. The molecule has 0 saturated heterocycles. The fourth-order valence-corrected chi connectivity index (χ4v) is 2.34. The van der Waals surface area contributed by atoms with E-state index in [9.17, 15) is 0 Å². The third kappa shape index (κ3) is 3.23. The largest absolute Gasteiger partial charge is 0.457 e. The lowest BCUT2D eigenvalue weighted by atomic mass is 10.1. The van der Waals surface area contributed by atoms with E-state index in [1.165, 1.54) is 11.1 Å². The van der Waals surface area contributed by atoms with Crippen LogP contribution in [0, 0.1) is 20.8 Å². The topological polar surface area (TPSA) is 9.23 Å². The summed E-state index contributed by atoms with van der Waals surface area (Å²) >= 11 is 11.9. The Hall–Kier alpha value is -1.18. The molecular weight excluding hydrogens is 279 g/mol. The third-order valence-electron chi connectivity index (χ3n) is 3.16. The monoisotopic (exact) mass is 294 g/mol. The third-order valence-corrected chi connectivity index (χ3v) is 3.68. The first-order valence-corrected chi connectivity index (χ1v) is 7.02. The number of ether oxygens (including phenoxy) is 1. The van der Waals surface area contributed by atoms with Crippen LogP contribution >= 0.6 is 23.2 Å². The van der Waals surface area contributed by atoms with Gasteiger partial charge in [-0.05, 0) is 55.7 Å². The second kappa shape index (κ2) is 5.85. The molecule has 0 aliphatic rings. The van der Waals surface area contributed by atoms with Crippen LogP contribution in [0.1, 0.15) is 22.3 Å². The molecule has 0 saturated carbocycles. The molecule has 0 fully saturated rings. The van der Waals surface area contributed by atoms with Gasteiger partial charge < -0.3 is 4.74 Å². The molecule has 2 rings (SSSR count). The van der Waals surface area contributed by atoms with E-state index < -0.39 is 0 Å². The highest BCUT2D eigenvalue weighted by atomic mass is 35.5. The first kappa shape index (κ1) is 14.2. The van der Waals surface area contributed by atoms with E-state index in [-0.39, 0.29) is 0 Å². The molecule has 0 unspecified atom stereocenters. The smallest absolute Gasteiger partial charge is 0.133 e. The summed E-state index contributed by atoms with van der Waals surface area (Å²) in [5.74, 6) is 1.97. The Morgan fingerprint density at radius 2 is 1.74 bits per heavy atom. The normalized spacial score (nSPS) is 10.6. The number of halogens is 2. The molecule has 0 aliphatic heterocycles. The maximum Gasteiger partial charge on any atom is 0.133 e. The van der Waals surface area contributed by atoms with Crippen molar-refractivity contribution < 1.29 is 4.74 Å². The molecule has 3 heteroatoms. The van der Waals surface area contributed by atoms with Crippen molar-refractivity contribution in [3.8, 4) is 11.5 Å². The molecule has 1 nitrogen and oxygen atoms in total. The molecule has 0 atom stereocenters. The van der Waals surface area contributed by atoms with E-state index in [2.05, 4.69) is 26.8 Å². The van der Waals surface area contributed by atoms with Crippen molar-refractivity contribution in [2.24, 2.45) is 0 Å². The summed E-state index contributed by atoms with van der Waals surface area (Å²) < 4.78 is 6.00. The first-order valence-electron chi connectivity index (χ1n) is 6.11. The van der Waals surface area contributed by atoms with Gasteiger partial charge >= 0.3 is 0 Å². The van der Waals surface area contributed by atoms with E-state index in [0.717, 1.165) is 22.6 Å². The van der Waals surface area contributed by atoms with Crippen molar-refractivity contribution in [2.75, 3.05) is 0 Å². The van der Waals surface area contributed by atoms with Gasteiger partial charge in [0.2, 0.25) is 0 Å². The van der Waals surface area contributed by atoms with E-state index in [1.807, 2.05) is 18.2 Å². The SMILES string of the molecule is Cc1cc(C)c(C)c(Oc2cc(Cl)ccc2CCl)c1. The fourth-order valence-electron chi connectivity index (χ4n) is 1.96. The van der Waals surface area contributed by atoms with Gasteiger partial charge in [0.25, 0.3) is 0 Å². The summed E-state index contributed by atoms with van der Waals surface area (Å²) in [7, 11) is 0. The Labute approximate surface area is 124 Å². The predicted octanol–water partition coefficient (Wildman–Crippen LogP) is 5.80. The molecule has 2 aromatic rings. The van der Waals surface area contributed by atoms with Crippen LogP contribution in [0.25, 0.3) is 0 Å². The van der Waals surface area contributed by atoms with Crippen molar-refractivity contribution in [1.82, 2.24) is 0 Å². The molecule has 0 aliphatic carbocycles. The Kier molecular flexibility index (Phi) is 4.38. The summed E-state index contributed by atoms with van der Waals surface area (Å²) in [4.78, 5) is 0. The summed E-state index contributed by atoms with van der Waals surface area (Å²) in [6, 6.07) is 9.68. The molecule has 100 valence electrons. The standard InChI is InChI=1S/C16H16Cl2O/c1-10-6-11(2)12(3)15(7-10)19-16-8-14(18)5-4-13(16)9-17/h4-8H,9H2,1-3H3. The molecule has 0 radical (unpaired) electrons. The molecule has 0 aromatic heterocycles. The Balaban J connectivity index is 2.44.